The molecule has 258 valence electrons. The molecule has 0 saturated heterocycles. The van der Waals surface area contributed by atoms with Crippen molar-refractivity contribution in [2.24, 2.45) is 0 Å². The summed E-state index contributed by atoms with van der Waals surface area (Å²) in [6.45, 7) is 0. The molecular weight excluding hydrogens is 687 g/mol. The number of thiophene rings is 1. The number of hydrogen-bond acceptors (Lipinski definition) is 3. The third-order valence-corrected chi connectivity index (χ3v) is 12.1. The lowest BCUT2D eigenvalue weighted by atomic mass is 9.96. The molecule has 3 heteroatoms. The van der Waals surface area contributed by atoms with E-state index < -0.39 is 0 Å². The molecule has 11 rings (SSSR count). The van der Waals surface area contributed by atoms with Crippen molar-refractivity contribution in [2.45, 2.75) is 0 Å². The molecule has 0 saturated carbocycles. The Morgan fingerprint density at radius 2 is 1.00 bits per heavy atom. The fraction of sp³-hybridized carbons (Fsp3) is 0. The quantitative estimate of drug-likeness (QED) is 0.170. The van der Waals surface area contributed by atoms with Gasteiger partial charge in [0, 0.05) is 53.3 Å². The second-order valence-corrected chi connectivity index (χ2v) is 15.1. The van der Waals surface area contributed by atoms with Gasteiger partial charge in [-0.3, -0.25) is 0 Å². The third-order valence-electron chi connectivity index (χ3n) is 10.9. The molecule has 0 N–H and O–H groups in total. The maximum Gasteiger partial charge on any atom is 0.143 e. The molecule has 2 heterocycles. The summed E-state index contributed by atoms with van der Waals surface area (Å²) >= 11 is 1.87. The molecule has 0 aliphatic carbocycles. The summed E-state index contributed by atoms with van der Waals surface area (Å²) in [6.07, 6.45) is 0. The normalized spacial score (nSPS) is 11.6. The average molecular weight is 720 g/mol. The van der Waals surface area contributed by atoms with Crippen molar-refractivity contribution in [3.63, 3.8) is 0 Å². The number of benzene rings is 9. The van der Waals surface area contributed by atoms with Gasteiger partial charge in [0.2, 0.25) is 0 Å². The fourth-order valence-corrected chi connectivity index (χ4v) is 9.54. The van der Waals surface area contributed by atoms with Crippen LogP contribution in [0.1, 0.15) is 0 Å². The number of anilines is 3. The van der Waals surface area contributed by atoms with E-state index in [2.05, 4.69) is 205 Å². The van der Waals surface area contributed by atoms with Crippen molar-refractivity contribution in [2.75, 3.05) is 4.90 Å². The number of fused-ring (bicyclic) bond motifs is 8. The van der Waals surface area contributed by atoms with E-state index in [0.717, 1.165) is 55.5 Å². The predicted molar refractivity (Wildman–Crippen MR) is 235 cm³/mol. The zero-order valence-corrected chi connectivity index (χ0v) is 30.6. The first-order chi connectivity index (χ1) is 27.3. The maximum absolute atomic E-state index is 6.64. The monoisotopic (exact) mass is 719 g/mol. The average Bonchev–Trinajstić information content (AvgIpc) is 3.84. The van der Waals surface area contributed by atoms with E-state index in [4.69, 9.17) is 4.42 Å². The summed E-state index contributed by atoms with van der Waals surface area (Å²) in [4.78, 5) is 2.39. The van der Waals surface area contributed by atoms with Gasteiger partial charge < -0.3 is 9.32 Å². The highest BCUT2D eigenvalue weighted by Crippen LogP contribution is 2.47. The zero-order chi connectivity index (χ0) is 36.3. The SMILES string of the molecule is c1ccc(-c2ccc(N(c3ccc(-c4cccc5c4sc4ccccc45)cc3)c3ccccc3-c3cccc4oc5c6ccccc6ccc5c34)cc2)cc1. The van der Waals surface area contributed by atoms with Crippen LogP contribution in [0, 0.1) is 0 Å². The second kappa shape index (κ2) is 12.9. The molecule has 0 amide bonds. The largest absolute Gasteiger partial charge is 0.455 e. The van der Waals surface area contributed by atoms with Gasteiger partial charge in [0.15, 0.2) is 0 Å². The first kappa shape index (κ1) is 31.6. The first-order valence-electron chi connectivity index (χ1n) is 18.7. The van der Waals surface area contributed by atoms with E-state index in [9.17, 15) is 0 Å². The Morgan fingerprint density at radius 3 is 1.84 bits per heavy atom. The number of hydrogen-bond donors (Lipinski definition) is 0. The molecule has 0 fully saturated rings. The number of nitrogens with zero attached hydrogens (tertiary/aromatic N) is 1. The van der Waals surface area contributed by atoms with Gasteiger partial charge in [-0.2, -0.15) is 0 Å². The molecule has 2 aromatic heterocycles. The molecule has 0 spiro atoms. The Hall–Kier alpha value is -6.94. The summed E-state index contributed by atoms with van der Waals surface area (Å²) in [5.74, 6) is 0. The minimum Gasteiger partial charge on any atom is -0.455 e. The predicted octanol–water partition coefficient (Wildman–Crippen LogP) is 15.6. The smallest absolute Gasteiger partial charge is 0.143 e. The van der Waals surface area contributed by atoms with Crippen LogP contribution in [0.25, 0.3) is 86.3 Å². The molecule has 0 aliphatic heterocycles. The minimum absolute atomic E-state index is 0.886. The van der Waals surface area contributed by atoms with Crippen LogP contribution in [-0.2, 0) is 0 Å². The molecular formula is C52H33NOS. The lowest BCUT2D eigenvalue weighted by Gasteiger charge is -2.28. The summed E-state index contributed by atoms with van der Waals surface area (Å²) in [7, 11) is 0. The Labute approximate surface area is 322 Å². The van der Waals surface area contributed by atoms with Crippen LogP contribution in [0.4, 0.5) is 17.1 Å². The van der Waals surface area contributed by atoms with Crippen molar-refractivity contribution in [1.82, 2.24) is 0 Å². The Balaban J connectivity index is 1.09. The van der Waals surface area contributed by atoms with Gasteiger partial charge >= 0.3 is 0 Å². The molecule has 0 aliphatic rings. The van der Waals surface area contributed by atoms with Gasteiger partial charge in [-0.1, -0.05) is 152 Å². The van der Waals surface area contributed by atoms with E-state index in [-0.39, 0.29) is 0 Å². The highest BCUT2D eigenvalue weighted by Gasteiger charge is 2.21. The van der Waals surface area contributed by atoms with Gasteiger partial charge in [0.25, 0.3) is 0 Å². The van der Waals surface area contributed by atoms with Crippen LogP contribution in [0.15, 0.2) is 205 Å². The van der Waals surface area contributed by atoms with E-state index in [1.165, 1.54) is 47.8 Å². The van der Waals surface area contributed by atoms with Gasteiger partial charge in [-0.15, -0.1) is 11.3 Å². The van der Waals surface area contributed by atoms with Crippen molar-refractivity contribution in [3.05, 3.63) is 200 Å². The summed E-state index contributed by atoms with van der Waals surface area (Å²) in [5, 5.41) is 7.18. The fourth-order valence-electron chi connectivity index (χ4n) is 8.30. The van der Waals surface area contributed by atoms with Gasteiger partial charge in [-0.25, -0.2) is 0 Å². The zero-order valence-electron chi connectivity index (χ0n) is 29.8. The summed E-state index contributed by atoms with van der Waals surface area (Å²) < 4.78 is 9.28. The lowest BCUT2D eigenvalue weighted by molar-refractivity contribution is 0.673. The number of furan rings is 1. The van der Waals surface area contributed by atoms with Crippen molar-refractivity contribution >= 4 is 81.3 Å². The molecule has 11 aromatic rings. The molecule has 2 nitrogen and oxygen atoms in total. The Kier molecular flexibility index (Phi) is 7.39. The van der Waals surface area contributed by atoms with Crippen molar-refractivity contribution in [1.29, 1.82) is 0 Å². The highest BCUT2D eigenvalue weighted by molar-refractivity contribution is 7.26. The minimum atomic E-state index is 0.886. The van der Waals surface area contributed by atoms with Crippen molar-refractivity contribution in [3.8, 4) is 33.4 Å². The first-order valence-corrected chi connectivity index (χ1v) is 19.5. The third kappa shape index (κ3) is 5.24. The second-order valence-electron chi connectivity index (χ2n) is 14.0. The van der Waals surface area contributed by atoms with Crippen LogP contribution in [0.5, 0.6) is 0 Å². The molecule has 55 heavy (non-hydrogen) atoms. The van der Waals surface area contributed by atoms with Crippen molar-refractivity contribution < 1.29 is 4.42 Å². The van der Waals surface area contributed by atoms with Gasteiger partial charge in [0.1, 0.15) is 11.2 Å². The summed E-state index contributed by atoms with van der Waals surface area (Å²) in [6, 6.07) is 72.1. The van der Waals surface area contributed by atoms with E-state index in [1.807, 2.05) is 11.3 Å². The van der Waals surface area contributed by atoms with Gasteiger partial charge in [-0.05, 0) is 81.7 Å². The summed E-state index contributed by atoms with van der Waals surface area (Å²) in [5.41, 5.74) is 12.2. The van der Waals surface area contributed by atoms with Gasteiger partial charge in [0.05, 0.1) is 5.69 Å². The highest BCUT2D eigenvalue weighted by atomic mass is 32.1. The molecule has 9 aromatic carbocycles. The van der Waals surface area contributed by atoms with Crippen LogP contribution in [0.2, 0.25) is 0 Å². The molecule has 0 unspecified atom stereocenters. The van der Waals surface area contributed by atoms with Crippen LogP contribution >= 0.6 is 11.3 Å². The number of para-hydroxylation sites is 1. The molecule has 0 atom stereocenters. The lowest BCUT2D eigenvalue weighted by Crippen LogP contribution is -2.11. The van der Waals surface area contributed by atoms with Crippen LogP contribution < -0.4 is 4.90 Å². The Bertz CT molecular complexity index is 3190. The molecule has 0 bridgehead atoms. The standard InChI is InChI=1S/C52H33NOS/c1-2-12-34(13-3-1)35-24-29-38(30-25-35)53(39-31-26-37(27-32-39)41-18-10-20-45-43-17-7-9-23-49(43)55-52(41)45)47-21-8-6-16-42(47)44-19-11-22-48-50(44)46-33-28-36-14-4-5-15-40(36)51(46)54-48/h1-33H. The Morgan fingerprint density at radius 1 is 0.382 bits per heavy atom. The number of rotatable bonds is 6. The maximum atomic E-state index is 6.64. The van der Waals surface area contributed by atoms with Crippen LogP contribution in [-0.4, -0.2) is 0 Å². The van der Waals surface area contributed by atoms with Crippen LogP contribution in [0.3, 0.4) is 0 Å². The van der Waals surface area contributed by atoms with E-state index >= 15 is 0 Å². The molecule has 0 radical (unpaired) electrons. The van der Waals surface area contributed by atoms with E-state index in [0.29, 0.717) is 0 Å². The van der Waals surface area contributed by atoms with E-state index in [1.54, 1.807) is 0 Å². The topological polar surface area (TPSA) is 16.4 Å².